The first kappa shape index (κ1) is 18.6. The van der Waals surface area contributed by atoms with Gasteiger partial charge in [-0.2, -0.15) is 0 Å². The average Bonchev–Trinajstić information content (AvgIpc) is 3.10. The zero-order valence-corrected chi connectivity index (χ0v) is 15.0. The van der Waals surface area contributed by atoms with Gasteiger partial charge in [0.1, 0.15) is 0 Å². The number of hydrogen-bond donors (Lipinski definition) is 2. The van der Waals surface area contributed by atoms with E-state index in [1.807, 2.05) is 24.4 Å². The van der Waals surface area contributed by atoms with Gasteiger partial charge in [0.25, 0.3) is 5.91 Å². The van der Waals surface area contributed by atoms with Crippen LogP contribution in [0, 0.1) is 0 Å². The van der Waals surface area contributed by atoms with Crippen LogP contribution in [0.1, 0.15) is 22.2 Å². The fourth-order valence-electron chi connectivity index (χ4n) is 1.95. The molecule has 0 saturated heterocycles. The largest absolute Gasteiger partial charge is 0.380 e. The van der Waals surface area contributed by atoms with E-state index in [1.54, 1.807) is 12.1 Å². The lowest BCUT2D eigenvalue weighted by Gasteiger charge is -2.09. The van der Waals surface area contributed by atoms with Gasteiger partial charge in [-0.15, -0.1) is 11.3 Å². The highest BCUT2D eigenvalue weighted by Crippen LogP contribution is 2.14. The summed E-state index contributed by atoms with van der Waals surface area (Å²) < 4.78 is 32.4. The smallest absolute Gasteiger partial charge is 0.251 e. The second kappa shape index (κ2) is 8.93. The molecule has 2 N–H and O–H groups in total. The summed E-state index contributed by atoms with van der Waals surface area (Å²) in [6, 6.07) is 9.68. The number of rotatable bonds is 9. The fourth-order valence-corrected chi connectivity index (χ4v) is 3.74. The lowest BCUT2D eigenvalue weighted by Crippen LogP contribution is -2.28. The van der Waals surface area contributed by atoms with E-state index in [0.29, 0.717) is 25.3 Å². The molecule has 2 aromatic rings. The number of sulfonamides is 1. The van der Waals surface area contributed by atoms with E-state index in [2.05, 4.69) is 10.0 Å². The van der Waals surface area contributed by atoms with Crippen LogP contribution in [-0.4, -0.2) is 34.1 Å². The molecule has 0 aliphatic rings. The van der Waals surface area contributed by atoms with Gasteiger partial charge in [0.2, 0.25) is 10.0 Å². The summed E-state index contributed by atoms with van der Waals surface area (Å²) >= 11 is 1.48. The molecular formula is C16H20N2O4S2. The Balaban J connectivity index is 2.01. The van der Waals surface area contributed by atoms with Crippen molar-refractivity contribution < 1.29 is 17.9 Å². The maximum Gasteiger partial charge on any atom is 0.251 e. The Kier molecular flexibility index (Phi) is 6.92. The molecule has 1 amide bonds. The molecule has 2 rings (SSSR count). The van der Waals surface area contributed by atoms with Gasteiger partial charge in [-0.3, -0.25) is 4.79 Å². The highest BCUT2D eigenvalue weighted by molar-refractivity contribution is 7.89. The van der Waals surface area contributed by atoms with Gasteiger partial charge < -0.3 is 10.1 Å². The SMILES string of the molecule is CCOCCNC(=O)c1cccc(S(=O)(=O)NCc2cccs2)c1. The predicted molar refractivity (Wildman–Crippen MR) is 93.6 cm³/mol. The minimum Gasteiger partial charge on any atom is -0.380 e. The van der Waals surface area contributed by atoms with Crippen LogP contribution >= 0.6 is 11.3 Å². The van der Waals surface area contributed by atoms with Crippen LogP contribution in [0.2, 0.25) is 0 Å². The molecule has 0 fully saturated rings. The number of nitrogens with one attached hydrogen (secondary N) is 2. The Morgan fingerprint density at radius 2 is 2.08 bits per heavy atom. The summed E-state index contributed by atoms with van der Waals surface area (Å²) in [7, 11) is -3.67. The third-order valence-electron chi connectivity index (χ3n) is 3.16. The first-order valence-corrected chi connectivity index (χ1v) is 9.87. The number of benzene rings is 1. The lowest BCUT2D eigenvalue weighted by molar-refractivity contribution is 0.0922. The molecule has 0 unspecified atom stereocenters. The third-order valence-corrected chi connectivity index (χ3v) is 5.43. The Morgan fingerprint density at radius 1 is 1.25 bits per heavy atom. The standard InChI is InChI=1S/C16H20N2O4S2/c1-2-22-9-8-17-16(19)13-5-3-7-15(11-13)24(20,21)18-12-14-6-4-10-23-14/h3-7,10-11,18H,2,8-9,12H2,1H3,(H,17,19). The van der Waals surface area contributed by atoms with Crippen LogP contribution in [-0.2, 0) is 21.3 Å². The van der Waals surface area contributed by atoms with Crippen LogP contribution < -0.4 is 10.0 Å². The molecule has 1 heterocycles. The van der Waals surface area contributed by atoms with Crippen molar-refractivity contribution in [1.82, 2.24) is 10.0 Å². The molecule has 8 heteroatoms. The van der Waals surface area contributed by atoms with Crippen molar-refractivity contribution in [1.29, 1.82) is 0 Å². The second-order valence-electron chi connectivity index (χ2n) is 4.88. The quantitative estimate of drug-likeness (QED) is 0.663. The monoisotopic (exact) mass is 368 g/mol. The summed E-state index contributed by atoms with van der Waals surface area (Å²) in [6.45, 7) is 3.48. The van der Waals surface area contributed by atoms with Crippen LogP contribution in [0.4, 0.5) is 0 Å². The van der Waals surface area contributed by atoms with Gasteiger partial charge >= 0.3 is 0 Å². The van der Waals surface area contributed by atoms with Crippen molar-refractivity contribution in [3.8, 4) is 0 Å². The number of amides is 1. The summed E-state index contributed by atoms with van der Waals surface area (Å²) in [5, 5.41) is 4.58. The number of carbonyl (C=O) groups excluding carboxylic acids is 1. The highest BCUT2D eigenvalue weighted by Gasteiger charge is 2.16. The molecule has 1 aromatic heterocycles. The summed E-state index contributed by atoms with van der Waals surface area (Å²) in [5.74, 6) is -0.329. The molecule has 0 aliphatic carbocycles. The number of ether oxygens (including phenoxy) is 1. The van der Waals surface area contributed by atoms with Crippen molar-refractivity contribution >= 4 is 27.3 Å². The van der Waals surface area contributed by atoms with E-state index in [-0.39, 0.29) is 17.3 Å². The molecular weight excluding hydrogens is 348 g/mol. The van der Waals surface area contributed by atoms with E-state index in [1.165, 1.54) is 23.5 Å². The molecule has 0 saturated carbocycles. The fraction of sp³-hybridized carbons (Fsp3) is 0.312. The number of hydrogen-bond acceptors (Lipinski definition) is 5. The Bertz CT molecular complexity index is 758. The first-order chi connectivity index (χ1) is 11.5. The maximum atomic E-state index is 12.3. The highest BCUT2D eigenvalue weighted by atomic mass is 32.2. The maximum absolute atomic E-state index is 12.3. The second-order valence-corrected chi connectivity index (χ2v) is 7.68. The molecule has 0 atom stereocenters. The van der Waals surface area contributed by atoms with Gasteiger partial charge in [-0.05, 0) is 36.6 Å². The van der Waals surface area contributed by atoms with E-state index in [0.717, 1.165) is 4.88 Å². The van der Waals surface area contributed by atoms with Gasteiger partial charge in [-0.25, -0.2) is 13.1 Å². The average molecular weight is 368 g/mol. The molecule has 0 bridgehead atoms. The van der Waals surface area contributed by atoms with Crippen molar-refractivity contribution in [2.45, 2.75) is 18.4 Å². The first-order valence-electron chi connectivity index (χ1n) is 7.51. The summed E-state index contributed by atoms with van der Waals surface area (Å²) in [5.41, 5.74) is 0.297. The Labute approximate surface area is 145 Å². The van der Waals surface area contributed by atoms with E-state index in [9.17, 15) is 13.2 Å². The molecule has 0 radical (unpaired) electrons. The van der Waals surface area contributed by atoms with E-state index >= 15 is 0 Å². The van der Waals surface area contributed by atoms with Gasteiger partial charge in [0, 0.05) is 30.1 Å². The summed E-state index contributed by atoms with van der Waals surface area (Å²) in [4.78, 5) is 13.0. The van der Waals surface area contributed by atoms with E-state index in [4.69, 9.17) is 4.74 Å². The lowest BCUT2D eigenvalue weighted by atomic mass is 10.2. The van der Waals surface area contributed by atoms with Gasteiger partial charge in [-0.1, -0.05) is 12.1 Å². The van der Waals surface area contributed by atoms with Crippen molar-refractivity contribution in [2.75, 3.05) is 19.8 Å². The topological polar surface area (TPSA) is 84.5 Å². The zero-order chi connectivity index (χ0) is 17.4. The zero-order valence-electron chi connectivity index (χ0n) is 13.3. The molecule has 24 heavy (non-hydrogen) atoms. The summed E-state index contributed by atoms with van der Waals surface area (Å²) in [6.07, 6.45) is 0. The van der Waals surface area contributed by atoms with Crippen LogP contribution in [0.3, 0.4) is 0 Å². The van der Waals surface area contributed by atoms with E-state index < -0.39 is 10.0 Å². The van der Waals surface area contributed by atoms with Gasteiger partial charge in [0.05, 0.1) is 11.5 Å². The van der Waals surface area contributed by atoms with Crippen LogP contribution in [0.5, 0.6) is 0 Å². The number of thiophene rings is 1. The molecule has 1 aromatic carbocycles. The van der Waals surface area contributed by atoms with Gasteiger partial charge in [0.15, 0.2) is 0 Å². The molecule has 130 valence electrons. The predicted octanol–water partition coefficient (Wildman–Crippen LogP) is 1.99. The van der Waals surface area contributed by atoms with Crippen molar-refractivity contribution in [3.05, 3.63) is 52.2 Å². The normalized spacial score (nSPS) is 11.4. The molecule has 6 nitrogen and oxygen atoms in total. The van der Waals surface area contributed by atoms with Crippen molar-refractivity contribution in [2.24, 2.45) is 0 Å². The Hall–Kier alpha value is -1.74. The Morgan fingerprint density at radius 3 is 2.79 bits per heavy atom. The minimum absolute atomic E-state index is 0.0662. The molecule has 0 spiro atoms. The molecule has 0 aliphatic heterocycles. The third kappa shape index (κ3) is 5.41. The number of carbonyl (C=O) groups is 1. The minimum atomic E-state index is -3.67. The van der Waals surface area contributed by atoms with Crippen LogP contribution in [0.15, 0.2) is 46.7 Å². The van der Waals surface area contributed by atoms with Crippen LogP contribution in [0.25, 0.3) is 0 Å². The van der Waals surface area contributed by atoms with Crippen molar-refractivity contribution in [3.63, 3.8) is 0 Å².